The average Bonchev–Trinajstić information content (AvgIpc) is 2.99. The zero-order chi connectivity index (χ0) is 16.3. The summed E-state index contributed by atoms with van der Waals surface area (Å²) in [5, 5.41) is 10.7. The van der Waals surface area contributed by atoms with Gasteiger partial charge in [0, 0.05) is 19.2 Å². The largest absolute Gasteiger partial charge is 0.468 e. The van der Waals surface area contributed by atoms with E-state index in [1.165, 1.54) is 35.8 Å². The van der Waals surface area contributed by atoms with Crippen LogP contribution in [0, 0.1) is 10.1 Å². The van der Waals surface area contributed by atoms with E-state index in [1.807, 2.05) is 0 Å². The van der Waals surface area contributed by atoms with Gasteiger partial charge in [-0.1, -0.05) is 12.1 Å². The lowest BCUT2D eigenvalue weighted by Gasteiger charge is -2.22. The SMILES string of the molecule is C[C@H](c1ccco1)N(C)S(=O)(=O)Cc1cccc([N+](=O)[O-])c1. The van der Waals surface area contributed by atoms with Gasteiger partial charge in [0.1, 0.15) is 5.76 Å². The number of benzene rings is 1. The van der Waals surface area contributed by atoms with Crippen LogP contribution in [0.3, 0.4) is 0 Å². The monoisotopic (exact) mass is 324 g/mol. The first-order valence-corrected chi connectivity index (χ1v) is 8.14. The molecule has 2 rings (SSSR count). The topological polar surface area (TPSA) is 93.7 Å². The Balaban J connectivity index is 2.20. The summed E-state index contributed by atoms with van der Waals surface area (Å²) in [4.78, 5) is 10.2. The summed E-state index contributed by atoms with van der Waals surface area (Å²) in [5.41, 5.74) is 0.238. The number of nitro benzene ring substituents is 1. The zero-order valence-electron chi connectivity index (χ0n) is 12.2. The average molecular weight is 324 g/mol. The lowest BCUT2D eigenvalue weighted by atomic mass is 10.2. The second kappa shape index (κ2) is 6.29. The molecule has 0 fully saturated rings. The number of sulfonamides is 1. The van der Waals surface area contributed by atoms with Crippen LogP contribution in [-0.2, 0) is 15.8 Å². The molecule has 0 unspecified atom stereocenters. The molecule has 0 bridgehead atoms. The number of non-ortho nitro benzene ring substituents is 1. The maximum atomic E-state index is 12.4. The summed E-state index contributed by atoms with van der Waals surface area (Å²) in [6.45, 7) is 1.71. The van der Waals surface area contributed by atoms with Gasteiger partial charge in [-0.05, 0) is 24.6 Å². The van der Waals surface area contributed by atoms with E-state index in [0.29, 0.717) is 11.3 Å². The predicted molar refractivity (Wildman–Crippen MR) is 80.6 cm³/mol. The van der Waals surface area contributed by atoms with E-state index in [2.05, 4.69) is 0 Å². The van der Waals surface area contributed by atoms with Crippen LogP contribution in [0.2, 0.25) is 0 Å². The molecule has 7 nitrogen and oxygen atoms in total. The molecule has 0 aliphatic rings. The Morgan fingerprint density at radius 2 is 2.05 bits per heavy atom. The van der Waals surface area contributed by atoms with Crippen molar-refractivity contribution >= 4 is 15.7 Å². The van der Waals surface area contributed by atoms with Gasteiger partial charge in [-0.2, -0.15) is 4.31 Å². The van der Waals surface area contributed by atoms with E-state index in [1.54, 1.807) is 25.1 Å². The van der Waals surface area contributed by atoms with Gasteiger partial charge in [-0.15, -0.1) is 0 Å². The molecule has 1 aromatic carbocycles. The van der Waals surface area contributed by atoms with Crippen molar-refractivity contribution in [3.8, 4) is 0 Å². The molecule has 1 atom stereocenters. The Bertz CT molecular complexity index is 755. The van der Waals surface area contributed by atoms with Gasteiger partial charge in [0.2, 0.25) is 10.0 Å². The molecule has 0 amide bonds. The van der Waals surface area contributed by atoms with Crippen molar-refractivity contribution in [1.82, 2.24) is 4.31 Å². The van der Waals surface area contributed by atoms with Gasteiger partial charge >= 0.3 is 0 Å². The van der Waals surface area contributed by atoms with Crippen LogP contribution in [0.15, 0.2) is 47.1 Å². The summed E-state index contributed by atoms with van der Waals surface area (Å²) >= 11 is 0. The molecule has 2 aromatic rings. The van der Waals surface area contributed by atoms with Crippen LogP contribution < -0.4 is 0 Å². The number of rotatable bonds is 6. The van der Waals surface area contributed by atoms with E-state index in [4.69, 9.17) is 4.42 Å². The zero-order valence-corrected chi connectivity index (χ0v) is 13.0. The van der Waals surface area contributed by atoms with Crippen molar-refractivity contribution in [2.75, 3.05) is 7.05 Å². The highest BCUT2D eigenvalue weighted by molar-refractivity contribution is 7.88. The van der Waals surface area contributed by atoms with E-state index in [0.717, 1.165) is 0 Å². The molecule has 8 heteroatoms. The number of hydrogen-bond donors (Lipinski definition) is 0. The lowest BCUT2D eigenvalue weighted by molar-refractivity contribution is -0.384. The highest BCUT2D eigenvalue weighted by Gasteiger charge is 2.26. The molecule has 1 heterocycles. The highest BCUT2D eigenvalue weighted by atomic mass is 32.2. The number of nitro groups is 1. The first-order chi connectivity index (χ1) is 10.3. The quantitative estimate of drug-likeness (QED) is 0.601. The van der Waals surface area contributed by atoms with Crippen molar-refractivity contribution in [1.29, 1.82) is 0 Å². The standard InChI is InChI=1S/C14H16N2O5S/c1-11(14-7-4-8-21-14)15(2)22(19,20)10-12-5-3-6-13(9-12)16(17)18/h3-9,11H,10H2,1-2H3/t11-/m1/s1. The Hall–Kier alpha value is -2.19. The molecule has 22 heavy (non-hydrogen) atoms. The van der Waals surface area contributed by atoms with E-state index >= 15 is 0 Å². The van der Waals surface area contributed by atoms with Crippen molar-refractivity contribution in [2.45, 2.75) is 18.7 Å². The third kappa shape index (κ3) is 3.52. The van der Waals surface area contributed by atoms with E-state index < -0.39 is 21.0 Å². The normalized spacial score (nSPS) is 13.2. The van der Waals surface area contributed by atoms with Gasteiger partial charge in [-0.3, -0.25) is 10.1 Å². The fourth-order valence-electron chi connectivity index (χ4n) is 2.02. The summed E-state index contributed by atoms with van der Waals surface area (Å²) in [6.07, 6.45) is 1.48. The molecule has 0 saturated heterocycles. The minimum absolute atomic E-state index is 0.130. The van der Waals surface area contributed by atoms with Crippen molar-refractivity contribution in [3.05, 3.63) is 64.1 Å². The van der Waals surface area contributed by atoms with Gasteiger partial charge < -0.3 is 4.42 Å². The summed E-state index contributed by atoms with van der Waals surface area (Å²) in [6, 6.07) is 8.54. The molecular weight excluding hydrogens is 308 g/mol. The number of furan rings is 1. The smallest absolute Gasteiger partial charge is 0.269 e. The minimum Gasteiger partial charge on any atom is -0.468 e. The van der Waals surface area contributed by atoms with Crippen LogP contribution in [-0.4, -0.2) is 24.7 Å². The first-order valence-electron chi connectivity index (χ1n) is 6.53. The first kappa shape index (κ1) is 16.2. The summed E-state index contributed by atoms with van der Waals surface area (Å²) in [7, 11) is -2.17. The molecule has 0 aliphatic heterocycles. The van der Waals surface area contributed by atoms with Crippen LogP contribution >= 0.6 is 0 Å². The summed E-state index contributed by atoms with van der Waals surface area (Å²) in [5.74, 6) is 0.223. The van der Waals surface area contributed by atoms with Gasteiger partial charge in [0.15, 0.2) is 0 Å². The Labute approximate surface area is 128 Å². The van der Waals surface area contributed by atoms with Crippen molar-refractivity contribution < 1.29 is 17.8 Å². The molecular formula is C14H16N2O5S. The molecule has 0 radical (unpaired) electrons. The van der Waals surface area contributed by atoms with Gasteiger partial charge in [0.25, 0.3) is 5.69 Å². The second-order valence-electron chi connectivity index (χ2n) is 4.89. The molecule has 0 saturated carbocycles. The fourth-order valence-corrected chi connectivity index (χ4v) is 3.41. The molecule has 0 aliphatic carbocycles. The van der Waals surface area contributed by atoms with E-state index in [-0.39, 0.29) is 11.4 Å². The van der Waals surface area contributed by atoms with Crippen LogP contribution in [0.1, 0.15) is 24.3 Å². The van der Waals surface area contributed by atoms with Crippen molar-refractivity contribution in [2.24, 2.45) is 0 Å². The maximum Gasteiger partial charge on any atom is 0.269 e. The minimum atomic E-state index is -3.63. The van der Waals surface area contributed by atoms with E-state index in [9.17, 15) is 18.5 Å². The molecule has 1 aromatic heterocycles. The lowest BCUT2D eigenvalue weighted by Crippen LogP contribution is -2.30. The molecule has 118 valence electrons. The second-order valence-corrected chi connectivity index (χ2v) is 6.92. The predicted octanol–water partition coefficient (Wildman–Crippen LogP) is 2.71. The van der Waals surface area contributed by atoms with Crippen molar-refractivity contribution in [3.63, 3.8) is 0 Å². The van der Waals surface area contributed by atoms with Gasteiger partial charge in [-0.25, -0.2) is 8.42 Å². The molecule has 0 spiro atoms. The summed E-state index contributed by atoms with van der Waals surface area (Å²) < 4.78 is 31.3. The fraction of sp³-hybridized carbons (Fsp3) is 0.286. The maximum absolute atomic E-state index is 12.4. The van der Waals surface area contributed by atoms with Gasteiger partial charge in [0.05, 0.1) is 23.0 Å². The Morgan fingerprint density at radius 1 is 1.32 bits per heavy atom. The Morgan fingerprint density at radius 3 is 2.64 bits per heavy atom. The highest BCUT2D eigenvalue weighted by Crippen LogP contribution is 2.24. The van der Waals surface area contributed by atoms with Crippen LogP contribution in [0.4, 0.5) is 5.69 Å². The van der Waals surface area contributed by atoms with Crippen LogP contribution in [0.25, 0.3) is 0 Å². The third-order valence-electron chi connectivity index (χ3n) is 3.41. The number of hydrogen-bond acceptors (Lipinski definition) is 5. The third-order valence-corrected chi connectivity index (χ3v) is 5.30. The Kier molecular flexibility index (Phi) is 4.62. The van der Waals surface area contributed by atoms with Crippen LogP contribution in [0.5, 0.6) is 0 Å². The molecule has 0 N–H and O–H groups in total. The number of nitrogens with zero attached hydrogens (tertiary/aromatic N) is 2.